The minimum absolute atomic E-state index is 0.0533. The highest BCUT2D eigenvalue weighted by Gasteiger charge is 2.25. The number of hydrogen-bond acceptors (Lipinski definition) is 8. The Hall–Kier alpha value is -3.57. The van der Waals surface area contributed by atoms with E-state index < -0.39 is 5.97 Å². The van der Waals surface area contributed by atoms with Crippen molar-refractivity contribution >= 4 is 40.8 Å². The van der Waals surface area contributed by atoms with Gasteiger partial charge >= 0.3 is 5.97 Å². The number of nitrogens with zero attached hydrogens (tertiary/aromatic N) is 6. The van der Waals surface area contributed by atoms with Crippen molar-refractivity contribution in [2.45, 2.75) is 32.6 Å². The number of aliphatic carboxylic acids is 1. The van der Waals surface area contributed by atoms with Crippen LogP contribution in [-0.4, -0.2) is 88.0 Å². The molecule has 202 valence electrons. The summed E-state index contributed by atoms with van der Waals surface area (Å²) in [5.74, 6) is -0.256. The molecule has 38 heavy (non-hydrogen) atoms. The number of carbonyl (C=O) groups excluding carboxylic acids is 1. The molecule has 1 aliphatic rings. The fraction of sp³-hybridized carbons (Fsp3) is 0.444. The molecular formula is C27H34N6O4S. The molecule has 0 bridgehead atoms. The molecule has 11 heteroatoms. The minimum atomic E-state index is -1.14. The summed E-state index contributed by atoms with van der Waals surface area (Å²) in [5.41, 5.74) is 2.53. The largest absolute Gasteiger partial charge is 0.478 e. The van der Waals surface area contributed by atoms with Gasteiger partial charge in [0.15, 0.2) is 0 Å². The van der Waals surface area contributed by atoms with E-state index >= 15 is 0 Å². The monoisotopic (exact) mass is 538 g/mol. The lowest BCUT2D eigenvalue weighted by atomic mass is 10.1. The van der Waals surface area contributed by atoms with E-state index in [1.165, 1.54) is 10.5 Å². The first-order valence-electron chi connectivity index (χ1n) is 12.7. The summed E-state index contributed by atoms with van der Waals surface area (Å²) >= 11 is 1.66. The van der Waals surface area contributed by atoms with Crippen LogP contribution in [0.15, 0.2) is 34.6 Å². The van der Waals surface area contributed by atoms with E-state index in [-0.39, 0.29) is 17.0 Å². The Bertz CT molecular complexity index is 1400. The number of pyridine rings is 1. The molecule has 0 radical (unpaired) electrons. The first-order valence-corrected chi connectivity index (χ1v) is 13.6. The van der Waals surface area contributed by atoms with Crippen molar-refractivity contribution in [1.29, 1.82) is 0 Å². The first kappa shape index (κ1) is 27.5. The molecule has 3 aromatic heterocycles. The number of thiazole rings is 1. The van der Waals surface area contributed by atoms with Crippen LogP contribution in [0.4, 0.5) is 5.82 Å². The minimum Gasteiger partial charge on any atom is -0.478 e. The van der Waals surface area contributed by atoms with Crippen LogP contribution in [0, 0.1) is 0 Å². The number of fused-ring (bicyclic) bond motifs is 1. The van der Waals surface area contributed by atoms with Crippen molar-refractivity contribution in [3.8, 4) is 0 Å². The van der Waals surface area contributed by atoms with E-state index in [1.54, 1.807) is 22.4 Å². The van der Waals surface area contributed by atoms with Gasteiger partial charge in [0.05, 0.1) is 22.8 Å². The summed E-state index contributed by atoms with van der Waals surface area (Å²) in [6.45, 7) is 6.60. The molecule has 0 atom stereocenters. The lowest BCUT2D eigenvalue weighted by molar-refractivity contribution is -0.132. The molecule has 1 amide bonds. The highest BCUT2D eigenvalue weighted by molar-refractivity contribution is 7.09. The van der Waals surface area contributed by atoms with Gasteiger partial charge in [-0.15, -0.1) is 11.3 Å². The van der Waals surface area contributed by atoms with Crippen molar-refractivity contribution in [3.63, 3.8) is 0 Å². The summed E-state index contributed by atoms with van der Waals surface area (Å²) in [6.07, 6.45) is 5.53. The number of aromatic nitrogens is 3. The van der Waals surface area contributed by atoms with Gasteiger partial charge in [0.2, 0.25) is 5.91 Å². The summed E-state index contributed by atoms with van der Waals surface area (Å²) in [4.78, 5) is 52.3. The maximum atomic E-state index is 13.4. The van der Waals surface area contributed by atoms with Crippen LogP contribution in [0.2, 0.25) is 0 Å². The van der Waals surface area contributed by atoms with Gasteiger partial charge in [0.1, 0.15) is 11.5 Å². The number of aryl methyl sites for hydroxylation is 2. The number of likely N-dealkylation sites (N-methyl/N-ethyl adjacent to an activating group) is 1. The van der Waals surface area contributed by atoms with Crippen molar-refractivity contribution in [2.75, 3.05) is 51.7 Å². The summed E-state index contributed by atoms with van der Waals surface area (Å²) in [6, 6.07) is 3.80. The molecule has 4 rings (SSSR count). The number of piperazine rings is 1. The van der Waals surface area contributed by atoms with E-state index in [2.05, 4.69) is 19.2 Å². The molecular weight excluding hydrogens is 504 g/mol. The zero-order valence-electron chi connectivity index (χ0n) is 22.3. The fourth-order valence-corrected chi connectivity index (χ4v) is 5.33. The Morgan fingerprint density at radius 3 is 2.53 bits per heavy atom. The second-order valence-corrected chi connectivity index (χ2v) is 11.0. The lowest BCUT2D eigenvalue weighted by Crippen LogP contribution is -2.51. The topological polar surface area (TPSA) is 111 Å². The number of anilines is 1. The molecule has 1 saturated heterocycles. The molecule has 1 aliphatic heterocycles. The molecule has 0 aromatic carbocycles. The Labute approximate surface area is 225 Å². The molecule has 0 unspecified atom stereocenters. The third-order valence-corrected chi connectivity index (χ3v) is 7.40. The summed E-state index contributed by atoms with van der Waals surface area (Å²) < 4.78 is 1.45. The van der Waals surface area contributed by atoms with Crippen LogP contribution < -0.4 is 10.5 Å². The van der Waals surface area contributed by atoms with Crippen LogP contribution in [-0.2, 0) is 22.4 Å². The van der Waals surface area contributed by atoms with Crippen molar-refractivity contribution in [1.82, 2.24) is 24.2 Å². The van der Waals surface area contributed by atoms with Gasteiger partial charge in [-0.1, -0.05) is 13.8 Å². The van der Waals surface area contributed by atoms with E-state index in [0.29, 0.717) is 50.1 Å². The van der Waals surface area contributed by atoms with Gasteiger partial charge in [-0.2, -0.15) is 0 Å². The number of carboxylic acid groups (broad SMARTS) is 1. The molecule has 1 N–H and O–H groups in total. The van der Waals surface area contributed by atoms with E-state index in [4.69, 9.17) is 9.97 Å². The molecule has 4 heterocycles. The van der Waals surface area contributed by atoms with Gasteiger partial charge in [-0.3, -0.25) is 14.0 Å². The molecule has 0 aliphatic carbocycles. The lowest BCUT2D eigenvalue weighted by Gasteiger charge is -2.36. The van der Waals surface area contributed by atoms with E-state index in [1.807, 2.05) is 36.0 Å². The van der Waals surface area contributed by atoms with Gasteiger partial charge in [0.25, 0.3) is 5.56 Å². The Morgan fingerprint density at radius 2 is 1.89 bits per heavy atom. The van der Waals surface area contributed by atoms with Crippen LogP contribution in [0.1, 0.15) is 41.6 Å². The third-order valence-electron chi connectivity index (χ3n) is 6.47. The van der Waals surface area contributed by atoms with Crippen molar-refractivity contribution in [3.05, 3.63) is 62.0 Å². The highest BCUT2D eigenvalue weighted by Crippen LogP contribution is 2.22. The average molecular weight is 539 g/mol. The fourth-order valence-electron chi connectivity index (χ4n) is 4.37. The number of carbonyl (C=O) groups is 2. The number of carboxylic acids is 1. The first-order chi connectivity index (χ1) is 18.1. The Kier molecular flexibility index (Phi) is 8.58. The predicted octanol–water partition coefficient (Wildman–Crippen LogP) is 2.37. The average Bonchev–Trinajstić information content (AvgIpc) is 3.36. The van der Waals surface area contributed by atoms with Gasteiger partial charge < -0.3 is 19.8 Å². The van der Waals surface area contributed by atoms with Gasteiger partial charge in [0, 0.05) is 50.3 Å². The van der Waals surface area contributed by atoms with Crippen LogP contribution in [0.25, 0.3) is 11.7 Å². The molecule has 3 aromatic rings. The Balaban J connectivity index is 1.61. The molecule has 0 saturated carbocycles. The zero-order chi connectivity index (χ0) is 27.4. The third kappa shape index (κ3) is 6.46. The SMILES string of the molecule is CC(C)c1csc(CCc2ccn3c(=O)c(/C=C/C(=O)O)c(N4CCN(C(=O)CN(C)C)CC4)nc3c2)n1. The summed E-state index contributed by atoms with van der Waals surface area (Å²) in [5, 5.41) is 12.4. The molecule has 0 spiro atoms. The van der Waals surface area contributed by atoms with Gasteiger partial charge in [-0.05, 0) is 50.2 Å². The number of hydrogen-bond donors (Lipinski definition) is 1. The zero-order valence-corrected chi connectivity index (χ0v) is 23.1. The maximum absolute atomic E-state index is 13.4. The number of amides is 1. The van der Waals surface area contributed by atoms with E-state index in [0.717, 1.165) is 35.2 Å². The predicted molar refractivity (Wildman–Crippen MR) is 149 cm³/mol. The second kappa shape index (κ2) is 11.9. The molecule has 1 fully saturated rings. The normalized spacial score (nSPS) is 14.4. The molecule has 10 nitrogen and oxygen atoms in total. The van der Waals surface area contributed by atoms with E-state index in [9.17, 15) is 19.5 Å². The van der Waals surface area contributed by atoms with Crippen LogP contribution in [0.3, 0.4) is 0 Å². The van der Waals surface area contributed by atoms with Crippen molar-refractivity contribution in [2.24, 2.45) is 0 Å². The van der Waals surface area contributed by atoms with Crippen LogP contribution >= 0.6 is 11.3 Å². The van der Waals surface area contributed by atoms with Crippen molar-refractivity contribution < 1.29 is 14.7 Å². The standard InChI is InChI=1S/C27H34N6O4S/c1-18(2)21-17-38-23(28-21)7-5-19-9-10-33-22(15-19)29-26(20(27(33)37)6-8-25(35)36)32-13-11-31(12-14-32)24(34)16-30(3)4/h6,8-10,15,17-18H,5,7,11-14,16H2,1-4H3,(H,35,36)/b8-6+. The summed E-state index contributed by atoms with van der Waals surface area (Å²) in [7, 11) is 3.71. The smallest absolute Gasteiger partial charge is 0.328 e. The quantitative estimate of drug-likeness (QED) is 0.414. The maximum Gasteiger partial charge on any atom is 0.328 e. The van der Waals surface area contributed by atoms with Gasteiger partial charge in [-0.25, -0.2) is 14.8 Å². The second-order valence-electron chi connectivity index (χ2n) is 10.0. The highest BCUT2D eigenvalue weighted by atomic mass is 32.1. The Morgan fingerprint density at radius 1 is 1.16 bits per heavy atom. The number of rotatable bonds is 9. The van der Waals surface area contributed by atoms with Crippen LogP contribution in [0.5, 0.6) is 0 Å².